The van der Waals surface area contributed by atoms with Crippen molar-refractivity contribution in [3.63, 3.8) is 0 Å². The average molecular weight is 282 g/mol. The molecule has 19 heavy (non-hydrogen) atoms. The predicted molar refractivity (Wildman–Crippen MR) is 74.2 cm³/mol. The van der Waals surface area contributed by atoms with E-state index in [-0.39, 0.29) is 6.04 Å². The molecule has 0 bridgehead atoms. The second-order valence-electron chi connectivity index (χ2n) is 3.98. The third-order valence-electron chi connectivity index (χ3n) is 2.91. The van der Waals surface area contributed by atoms with Gasteiger partial charge >= 0.3 is 0 Å². The van der Waals surface area contributed by atoms with Crippen molar-refractivity contribution in [2.24, 2.45) is 0 Å². The largest absolute Gasteiger partial charge is 0.493 e. The van der Waals surface area contributed by atoms with Gasteiger partial charge in [0.1, 0.15) is 5.76 Å². The van der Waals surface area contributed by atoms with Crippen LogP contribution in [0.25, 0.3) is 0 Å². The molecule has 1 heterocycles. The molecule has 0 spiro atoms. The lowest BCUT2D eigenvalue weighted by atomic mass is 10.0. The molecule has 0 saturated heterocycles. The first-order valence-corrected chi connectivity index (χ1v) is 6.21. The van der Waals surface area contributed by atoms with Crippen molar-refractivity contribution in [1.29, 1.82) is 0 Å². The summed E-state index contributed by atoms with van der Waals surface area (Å²) in [6, 6.07) is 9.22. The Morgan fingerprint density at radius 2 is 1.84 bits per heavy atom. The second kappa shape index (κ2) is 5.99. The molecular formula is C14H16ClNO3. The molecule has 1 aromatic heterocycles. The summed E-state index contributed by atoms with van der Waals surface area (Å²) < 4.78 is 16.0. The number of halogens is 1. The van der Waals surface area contributed by atoms with Crippen LogP contribution in [0.15, 0.2) is 34.7 Å². The number of ether oxygens (including phenoxy) is 2. The molecule has 0 saturated carbocycles. The van der Waals surface area contributed by atoms with Crippen LogP contribution in [0.5, 0.6) is 11.5 Å². The minimum atomic E-state index is -0.0905. The summed E-state index contributed by atoms with van der Waals surface area (Å²) in [5.41, 5.74) is 1.01. The Morgan fingerprint density at radius 1 is 1.11 bits per heavy atom. The van der Waals surface area contributed by atoms with Crippen LogP contribution in [0.4, 0.5) is 0 Å². The fourth-order valence-corrected chi connectivity index (χ4v) is 2.14. The normalized spacial score (nSPS) is 12.2. The minimum Gasteiger partial charge on any atom is -0.493 e. The van der Waals surface area contributed by atoms with Gasteiger partial charge in [-0.1, -0.05) is 6.07 Å². The summed E-state index contributed by atoms with van der Waals surface area (Å²) in [6.45, 7) is 0. The van der Waals surface area contributed by atoms with Gasteiger partial charge in [-0.05, 0) is 48.5 Å². The fourth-order valence-electron chi connectivity index (χ4n) is 1.99. The molecular weight excluding hydrogens is 266 g/mol. The van der Waals surface area contributed by atoms with E-state index in [1.165, 1.54) is 0 Å². The third kappa shape index (κ3) is 2.85. The number of benzene rings is 1. The number of rotatable bonds is 5. The van der Waals surface area contributed by atoms with Gasteiger partial charge < -0.3 is 19.2 Å². The second-order valence-corrected chi connectivity index (χ2v) is 4.35. The van der Waals surface area contributed by atoms with Crippen LogP contribution >= 0.6 is 11.6 Å². The first-order valence-electron chi connectivity index (χ1n) is 5.84. The zero-order valence-electron chi connectivity index (χ0n) is 11.1. The number of hydrogen-bond donors (Lipinski definition) is 1. The molecule has 0 amide bonds. The Morgan fingerprint density at radius 3 is 2.37 bits per heavy atom. The highest BCUT2D eigenvalue weighted by Crippen LogP contribution is 2.33. The molecule has 0 fully saturated rings. The van der Waals surface area contributed by atoms with Crippen molar-refractivity contribution in [3.05, 3.63) is 46.9 Å². The molecule has 1 aromatic carbocycles. The summed E-state index contributed by atoms with van der Waals surface area (Å²) in [5.74, 6) is 2.12. The van der Waals surface area contributed by atoms with Crippen LogP contribution < -0.4 is 14.8 Å². The fraction of sp³-hybridized carbons (Fsp3) is 0.286. The van der Waals surface area contributed by atoms with Crippen LogP contribution in [-0.2, 0) is 0 Å². The number of methoxy groups -OCH3 is 2. The van der Waals surface area contributed by atoms with Gasteiger partial charge in [0.25, 0.3) is 0 Å². The molecule has 1 atom stereocenters. The lowest BCUT2D eigenvalue weighted by Gasteiger charge is -2.16. The van der Waals surface area contributed by atoms with E-state index in [1.54, 1.807) is 20.3 Å². The van der Waals surface area contributed by atoms with Crippen molar-refractivity contribution in [3.8, 4) is 11.5 Å². The van der Waals surface area contributed by atoms with Gasteiger partial charge in [-0.3, -0.25) is 0 Å². The summed E-state index contributed by atoms with van der Waals surface area (Å²) in [5, 5.41) is 3.56. The summed E-state index contributed by atoms with van der Waals surface area (Å²) >= 11 is 5.82. The minimum absolute atomic E-state index is 0.0905. The van der Waals surface area contributed by atoms with Crippen molar-refractivity contribution in [2.75, 3.05) is 21.3 Å². The van der Waals surface area contributed by atoms with E-state index in [0.29, 0.717) is 16.7 Å². The molecule has 4 nitrogen and oxygen atoms in total. The zero-order valence-corrected chi connectivity index (χ0v) is 11.8. The van der Waals surface area contributed by atoms with Crippen molar-refractivity contribution < 1.29 is 13.9 Å². The van der Waals surface area contributed by atoms with Crippen molar-refractivity contribution in [1.82, 2.24) is 5.32 Å². The van der Waals surface area contributed by atoms with Crippen molar-refractivity contribution in [2.45, 2.75) is 6.04 Å². The van der Waals surface area contributed by atoms with Gasteiger partial charge in [-0.15, -0.1) is 0 Å². The van der Waals surface area contributed by atoms with Gasteiger partial charge in [0.2, 0.25) is 0 Å². The molecule has 1 unspecified atom stereocenters. The van der Waals surface area contributed by atoms with Gasteiger partial charge in [-0.2, -0.15) is 0 Å². The van der Waals surface area contributed by atoms with Crippen LogP contribution in [0, 0.1) is 0 Å². The molecule has 0 aliphatic heterocycles. The molecule has 0 radical (unpaired) electrons. The molecule has 0 aliphatic rings. The molecule has 1 N–H and O–H groups in total. The van der Waals surface area contributed by atoms with Crippen LogP contribution in [0.3, 0.4) is 0 Å². The lowest BCUT2D eigenvalue weighted by Crippen LogP contribution is -2.17. The van der Waals surface area contributed by atoms with Gasteiger partial charge in [0, 0.05) is 0 Å². The summed E-state index contributed by atoms with van der Waals surface area (Å²) in [6.07, 6.45) is 0. The standard InChI is InChI=1S/C14H16ClNO3/c1-16-14(11-6-7-13(15)19-11)9-4-5-10(17-2)12(8-9)18-3/h4-8,14,16H,1-3H3. The maximum absolute atomic E-state index is 5.82. The molecule has 102 valence electrons. The smallest absolute Gasteiger partial charge is 0.193 e. The average Bonchev–Trinajstić information content (AvgIpc) is 2.86. The van der Waals surface area contributed by atoms with Crippen LogP contribution in [0.2, 0.25) is 5.22 Å². The van der Waals surface area contributed by atoms with E-state index in [2.05, 4.69) is 5.32 Å². The zero-order chi connectivity index (χ0) is 13.8. The SMILES string of the molecule is CNC(c1ccc(OC)c(OC)c1)c1ccc(Cl)o1. The van der Waals surface area contributed by atoms with E-state index < -0.39 is 0 Å². The third-order valence-corrected chi connectivity index (χ3v) is 3.11. The molecule has 5 heteroatoms. The first kappa shape index (κ1) is 13.8. The maximum Gasteiger partial charge on any atom is 0.193 e. The highest BCUT2D eigenvalue weighted by atomic mass is 35.5. The topological polar surface area (TPSA) is 43.6 Å². The molecule has 2 rings (SSSR count). The van der Waals surface area contributed by atoms with Crippen molar-refractivity contribution >= 4 is 11.6 Å². The molecule has 2 aromatic rings. The quantitative estimate of drug-likeness (QED) is 0.914. The number of furan rings is 1. The monoisotopic (exact) mass is 281 g/mol. The van der Waals surface area contributed by atoms with Gasteiger partial charge in [-0.25, -0.2) is 0 Å². The Bertz CT molecular complexity index is 553. The van der Waals surface area contributed by atoms with E-state index in [1.807, 2.05) is 31.3 Å². The first-order chi connectivity index (χ1) is 9.19. The Labute approximate surface area is 117 Å². The van der Waals surface area contributed by atoms with Crippen LogP contribution in [0.1, 0.15) is 17.4 Å². The van der Waals surface area contributed by atoms with Gasteiger partial charge in [0.15, 0.2) is 16.7 Å². The maximum atomic E-state index is 5.82. The van der Waals surface area contributed by atoms with Crippen LogP contribution in [-0.4, -0.2) is 21.3 Å². The van der Waals surface area contributed by atoms with E-state index in [9.17, 15) is 0 Å². The molecule has 0 aliphatic carbocycles. The van der Waals surface area contributed by atoms with E-state index in [0.717, 1.165) is 11.3 Å². The number of hydrogen-bond acceptors (Lipinski definition) is 4. The highest BCUT2D eigenvalue weighted by Gasteiger charge is 2.17. The lowest BCUT2D eigenvalue weighted by molar-refractivity contribution is 0.354. The highest BCUT2D eigenvalue weighted by molar-refractivity contribution is 6.28. The Balaban J connectivity index is 2.38. The summed E-state index contributed by atoms with van der Waals surface area (Å²) in [7, 11) is 5.08. The summed E-state index contributed by atoms with van der Waals surface area (Å²) in [4.78, 5) is 0. The van der Waals surface area contributed by atoms with Gasteiger partial charge in [0.05, 0.1) is 20.3 Å². The predicted octanol–water partition coefficient (Wildman–Crippen LogP) is 3.26. The Kier molecular flexibility index (Phi) is 4.35. The van der Waals surface area contributed by atoms with E-state index in [4.69, 9.17) is 25.5 Å². The van der Waals surface area contributed by atoms with E-state index >= 15 is 0 Å². The number of nitrogens with one attached hydrogen (secondary N) is 1. The Hall–Kier alpha value is -1.65.